The highest BCUT2D eigenvalue weighted by atomic mass is 35.5. The van der Waals surface area contributed by atoms with Crippen molar-refractivity contribution in [1.29, 1.82) is 0 Å². The van der Waals surface area contributed by atoms with E-state index >= 15 is 0 Å². The largest absolute Gasteiger partial charge is 0.368 e. The summed E-state index contributed by atoms with van der Waals surface area (Å²) in [4.78, 5) is 5.86. The Labute approximate surface area is 133 Å². The zero-order valence-electron chi connectivity index (χ0n) is 11.4. The Hall–Kier alpha value is -1.84. The zero-order valence-corrected chi connectivity index (χ0v) is 13.0. The molecule has 1 aromatic heterocycles. The molecule has 2 heterocycles. The van der Waals surface area contributed by atoms with Crippen LogP contribution in [-0.2, 0) is 0 Å². The van der Waals surface area contributed by atoms with Gasteiger partial charge in [-0.3, -0.25) is 4.99 Å². The summed E-state index contributed by atoms with van der Waals surface area (Å²) in [5.74, 6) is 1.03. The van der Waals surface area contributed by atoms with Crippen molar-refractivity contribution in [1.82, 2.24) is 5.32 Å². The summed E-state index contributed by atoms with van der Waals surface area (Å²) in [6.45, 7) is 1.81. The van der Waals surface area contributed by atoms with E-state index in [-0.39, 0.29) is 12.4 Å². The van der Waals surface area contributed by atoms with Gasteiger partial charge in [0.1, 0.15) is 5.84 Å². The van der Waals surface area contributed by atoms with Gasteiger partial charge >= 0.3 is 0 Å². The van der Waals surface area contributed by atoms with Crippen LogP contribution < -0.4 is 5.32 Å². The maximum atomic E-state index is 4.56. The lowest BCUT2D eigenvalue weighted by Gasteiger charge is -2.08. The molecule has 3 aromatic rings. The number of thiophene rings is 1. The molecule has 1 aliphatic heterocycles. The van der Waals surface area contributed by atoms with Gasteiger partial charge in [-0.2, -0.15) is 0 Å². The Kier molecular flexibility index (Phi) is 3.95. The van der Waals surface area contributed by atoms with Crippen molar-refractivity contribution < 1.29 is 0 Å². The number of amidine groups is 1. The Morgan fingerprint density at radius 1 is 0.952 bits per heavy atom. The quantitative estimate of drug-likeness (QED) is 0.747. The van der Waals surface area contributed by atoms with Gasteiger partial charge in [0.2, 0.25) is 0 Å². The first-order chi connectivity index (χ1) is 9.92. The summed E-state index contributed by atoms with van der Waals surface area (Å²) >= 11 is 1.84. The predicted octanol–water partition coefficient (Wildman–Crippen LogP) is 4.34. The molecule has 4 heteroatoms. The number of aliphatic imine (C=N–C) groups is 1. The first-order valence-electron chi connectivity index (χ1n) is 6.78. The molecule has 0 radical (unpaired) electrons. The van der Waals surface area contributed by atoms with Crippen LogP contribution in [0.25, 0.3) is 20.5 Å². The second-order valence-corrected chi connectivity index (χ2v) is 5.93. The average molecular weight is 315 g/mol. The standard InChI is InChI=1S/C17H14N2S.ClH/c1-4-8-15-12(5-1)11-16(20-15)13-6-2-3-7-14(13)17-18-9-10-19-17;/h1-8,11H,9-10H2,(H,18,19);1H. The van der Waals surface area contributed by atoms with Crippen LogP contribution >= 0.6 is 23.7 Å². The number of rotatable bonds is 2. The van der Waals surface area contributed by atoms with E-state index in [1.165, 1.54) is 26.1 Å². The van der Waals surface area contributed by atoms with Gasteiger partial charge in [0.25, 0.3) is 0 Å². The minimum absolute atomic E-state index is 0. The first kappa shape index (κ1) is 14.1. The summed E-state index contributed by atoms with van der Waals surface area (Å²) in [6, 6.07) is 19.3. The summed E-state index contributed by atoms with van der Waals surface area (Å²) < 4.78 is 1.33. The van der Waals surface area contributed by atoms with E-state index < -0.39 is 0 Å². The third-order valence-corrected chi connectivity index (χ3v) is 4.70. The topological polar surface area (TPSA) is 24.4 Å². The molecule has 106 valence electrons. The molecular formula is C17H15ClN2S. The third kappa shape index (κ3) is 2.55. The zero-order chi connectivity index (χ0) is 13.4. The average Bonchev–Trinajstić information content (AvgIpc) is 3.16. The monoisotopic (exact) mass is 314 g/mol. The van der Waals surface area contributed by atoms with Gasteiger partial charge in [-0.05, 0) is 17.5 Å². The Morgan fingerprint density at radius 2 is 1.71 bits per heavy atom. The number of hydrogen-bond donors (Lipinski definition) is 1. The first-order valence-corrected chi connectivity index (χ1v) is 7.60. The fourth-order valence-electron chi connectivity index (χ4n) is 2.60. The molecule has 0 unspecified atom stereocenters. The molecule has 0 spiro atoms. The van der Waals surface area contributed by atoms with E-state index in [1.54, 1.807) is 0 Å². The van der Waals surface area contributed by atoms with Crippen molar-refractivity contribution in [2.75, 3.05) is 13.1 Å². The Morgan fingerprint density at radius 3 is 2.48 bits per heavy atom. The number of hydrogen-bond acceptors (Lipinski definition) is 3. The smallest absolute Gasteiger partial charge is 0.129 e. The molecule has 0 saturated heterocycles. The van der Waals surface area contributed by atoms with Crippen molar-refractivity contribution in [3.05, 3.63) is 60.2 Å². The van der Waals surface area contributed by atoms with Crippen LogP contribution in [0.2, 0.25) is 0 Å². The molecular weight excluding hydrogens is 300 g/mol. The third-order valence-electron chi connectivity index (χ3n) is 3.55. The van der Waals surface area contributed by atoms with Crippen LogP contribution in [0.1, 0.15) is 5.56 Å². The lowest BCUT2D eigenvalue weighted by molar-refractivity contribution is 0.960. The van der Waals surface area contributed by atoms with Crippen molar-refractivity contribution in [3.63, 3.8) is 0 Å². The van der Waals surface area contributed by atoms with Gasteiger partial charge in [-0.1, -0.05) is 42.5 Å². The van der Waals surface area contributed by atoms with Crippen LogP contribution in [0.3, 0.4) is 0 Å². The molecule has 0 bridgehead atoms. The predicted molar refractivity (Wildman–Crippen MR) is 93.9 cm³/mol. The minimum atomic E-state index is 0. The van der Waals surface area contributed by atoms with Crippen molar-refractivity contribution >= 4 is 39.7 Å². The molecule has 2 nitrogen and oxygen atoms in total. The normalized spacial score (nSPS) is 13.6. The molecule has 0 saturated carbocycles. The van der Waals surface area contributed by atoms with Crippen molar-refractivity contribution in [2.24, 2.45) is 4.99 Å². The molecule has 0 atom stereocenters. The number of fused-ring (bicyclic) bond motifs is 1. The minimum Gasteiger partial charge on any atom is -0.368 e. The molecule has 4 rings (SSSR count). The number of nitrogens with zero attached hydrogens (tertiary/aromatic N) is 1. The van der Waals surface area contributed by atoms with Gasteiger partial charge in [-0.15, -0.1) is 23.7 Å². The van der Waals surface area contributed by atoms with E-state index in [4.69, 9.17) is 0 Å². The van der Waals surface area contributed by atoms with Gasteiger partial charge in [0.15, 0.2) is 0 Å². The highest BCUT2D eigenvalue weighted by Gasteiger charge is 2.14. The van der Waals surface area contributed by atoms with Gasteiger partial charge in [0, 0.05) is 27.2 Å². The van der Waals surface area contributed by atoms with E-state index in [0.29, 0.717) is 0 Å². The second-order valence-electron chi connectivity index (χ2n) is 4.85. The maximum Gasteiger partial charge on any atom is 0.129 e. The Balaban J connectivity index is 0.00000132. The van der Waals surface area contributed by atoms with Gasteiger partial charge in [-0.25, -0.2) is 0 Å². The number of halogens is 1. The Bertz CT molecular complexity index is 774. The van der Waals surface area contributed by atoms with E-state index in [0.717, 1.165) is 18.9 Å². The van der Waals surface area contributed by atoms with Crippen LogP contribution in [0.4, 0.5) is 0 Å². The second kappa shape index (κ2) is 5.88. The molecule has 2 aromatic carbocycles. The van der Waals surface area contributed by atoms with Crippen molar-refractivity contribution in [2.45, 2.75) is 0 Å². The van der Waals surface area contributed by atoms with E-state index in [2.05, 4.69) is 64.9 Å². The highest BCUT2D eigenvalue weighted by Crippen LogP contribution is 2.35. The van der Waals surface area contributed by atoms with Crippen LogP contribution in [0.5, 0.6) is 0 Å². The van der Waals surface area contributed by atoms with Crippen LogP contribution in [-0.4, -0.2) is 18.9 Å². The summed E-state index contributed by atoms with van der Waals surface area (Å²) in [7, 11) is 0. The number of nitrogens with one attached hydrogen (secondary N) is 1. The molecule has 0 amide bonds. The molecule has 1 N–H and O–H groups in total. The summed E-state index contributed by atoms with van der Waals surface area (Å²) in [6.07, 6.45) is 0. The highest BCUT2D eigenvalue weighted by molar-refractivity contribution is 7.22. The SMILES string of the molecule is Cl.c1ccc(-c2cc3ccccc3s2)c(C2=NCCN2)c1. The molecule has 1 aliphatic rings. The molecule has 0 fully saturated rings. The number of benzene rings is 2. The van der Waals surface area contributed by atoms with Gasteiger partial charge < -0.3 is 5.32 Å². The van der Waals surface area contributed by atoms with E-state index in [9.17, 15) is 0 Å². The fourth-order valence-corrected chi connectivity index (χ4v) is 3.70. The fraction of sp³-hybridized carbons (Fsp3) is 0.118. The van der Waals surface area contributed by atoms with E-state index in [1.807, 2.05) is 11.3 Å². The summed E-state index contributed by atoms with van der Waals surface area (Å²) in [5.41, 5.74) is 2.47. The molecule has 0 aliphatic carbocycles. The lowest BCUT2D eigenvalue weighted by atomic mass is 10.0. The van der Waals surface area contributed by atoms with Crippen molar-refractivity contribution in [3.8, 4) is 10.4 Å². The maximum absolute atomic E-state index is 4.56. The molecule has 21 heavy (non-hydrogen) atoms. The van der Waals surface area contributed by atoms with Crippen LogP contribution in [0.15, 0.2) is 59.6 Å². The lowest BCUT2D eigenvalue weighted by Crippen LogP contribution is -2.20. The summed E-state index contributed by atoms with van der Waals surface area (Å²) in [5, 5.41) is 4.68. The van der Waals surface area contributed by atoms with Gasteiger partial charge in [0.05, 0.1) is 6.54 Å². The van der Waals surface area contributed by atoms with Crippen LogP contribution in [0, 0.1) is 0 Å².